The molecule has 1 heterocycles. The molecule has 0 fully saturated rings. The summed E-state index contributed by atoms with van der Waals surface area (Å²) in [6.45, 7) is 1.26. The van der Waals surface area contributed by atoms with Crippen molar-refractivity contribution in [1.82, 2.24) is 9.97 Å². The normalized spacial score (nSPS) is 14.9. The lowest BCUT2D eigenvalue weighted by Gasteiger charge is -2.20. The number of benzene rings is 1. The van der Waals surface area contributed by atoms with Gasteiger partial charge in [0.15, 0.2) is 9.84 Å². The summed E-state index contributed by atoms with van der Waals surface area (Å²) < 4.78 is 63.7. The van der Waals surface area contributed by atoms with Gasteiger partial charge < -0.3 is 5.32 Å². The Balaban J connectivity index is 2.19. The first-order chi connectivity index (χ1) is 12.9. The average molecular weight is 411 g/mol. The quantitative estimate of drug-likeness (QED) is 0.827. The highest BCUT2D eigenvalue weighted by Gasteiger charge is 2.40. The fourth-order valence-electron chi connectivity index (χ4n) is 2.73. The topological polar surface area (TPSA) is 106 Å². The Hall–Kier alpha value is -3.08. The zero-order valence-electron chi connectivity index (χ0n) is 14.5. The number of allylic oxidation sites excluding steroid dienone is 2. The highest BCUT2D eigenvalue weighted by atomic mass is 32.2. The number of halogens is 3. The van der Waals surface area contributed by atoms with Gasteiger partial charge in [0.25, 0.3) is 0 Å². The summed E-state index contributed by atoms with van der Waals surface area (Å²) in [5.74, 6) is -2.02. The number of nitrogens with zero attached hydrogens (tertiary/aromatic N) is 2. The third-order valence-electron chi connectivity index (χ3n) is 3.97. The number of nitrogens with one attached hydrogen (secondary N) is 1. The highest BCUT2D eigenvalue weighted by Crippen LogP contribution is 2.35. The Morgan fingerprint density at radius 1 is 1.00 bits per heavy atom. The van der Waals surface area contributed by atoms with Crippen LogP contribution in [0, 0.1) is 6.92 Å². The van der Waals surface area contributed by atoms with Crippen LogP contribution in [0.4, 0.5) is 18.9 Å². The van der Waals surface area contributed by atoms with E-state index in [1.165, 1.54) is 13.0 Å². The van der Waals surface area contributed by atoms with E-state index in [-0.39, 0.29) is 16.9 Å². The molecule has 146 valence electrons. The van der Waals surface area contributed by atoms with Crippen molar-refractivity contribution in [2.75, 3.05) is 11.6 Å². The minimum Gasteiger partial charge on any atom is -0.351 e. The van der Waals surface area contributed by atoms with E-state index in [2.05, 4.69) is 15.3 Å². The smallest absolute Gasteiger partial charge is 0.351 e. The van der Waals surface area contributed by atoms with Crippen LogP contribution in [0.25, 0.3) is 0 Å². The van der Waals surface area contributed by atoms with Gasteiger partial charge >= 0.3 is 6.18 Å². The second-order valence-electron chi connectivity index (χ2n) is 6.04. The number of anilines is 1. The van der Waals surface area contributed by atoms with E-state index in [1.807, 2.05) is 0 Å². The van der Waals surface area contributed by atoms with E-state index in [0.29, 0.717) is 6.26 Å². The Kier molecular flexibility index (Phi) is 4.58. The first kappa shape index (κ1) is 19.7. The van der Waals surface area contributed by atoms with E-state index < -0.39 is 49.4 Å². The molecule has 0 saturated carbocycles. The number of fused-ring (bicyclic) bond motifs is 1. The van der Waals surface area contributed by atoms with Crippen LogP contribution in [0.15, 0.2) is 41.2 Å². The molecule has 0 saturated heterocycles. The maximum absolute atomic E-state index is 13.1. The number of alkyl halides is 3. The van der Waals surface area contributed by atoms with Crippen molar-refractivity contribution < 1.29 is 31.2 Å². The second kappa shape index (κ2) is 6.51. The number of hydrogen-bond donors (Lipinski definition) is 1. The molecule has 7 nitrogen and oxygen atoms in total. The fourth-order valence-corrected chi connectivity index (χ4v) is 3.68. The molecule has 1 aromatic heterocycles. The molecule has 0 aliphatic heterocycles. The minimum absolute atomic E-state index is 0.0578. The molecule has 1 aromatic carbocycles. The van der Waals surface area contributed by atoms with E-state index in [0.717, 1.165) is 24.5 Å². The Morgan fingerprint density at radius 2 is 1.57 bits per heavy atom. The van der Waals surface area contributed by atoms with Crippen LogP contribution in [0.5, 0.6) is 0 Å². The third kappa shape index (κ3) is 3.40. The molecule has 28 heavy (non-hydrogen) atoms. The summed E-state index contributed by atoms with van der Waals surface area (Å²) in [7, 11) is -4.21. The number of Topliss-reactive ketones (excluding diaryl/α,β-unsaturated/α-hetero) is 2. The van der Waals surface area contributed by atoms with Crippen LogP contribution in [-0.4, -0.2) is 36.2 Å². The predicted octanol–water partition coefficient (Wildman–Crippen LogP) is 2.55. The molecule has 0 atom stereocenters. The van der Waals surface area contributed by atoms with Gasteiger partial charge in [-0.2, -0.15) is 13.2 Å². The zero-order valence-corrected chi connectivity index (χ0v) is 15.3. The van der Waals surface area contributed by atoms with Crippen molar-refractivity contribution in [3.05, 3.63) is 63.7 Å². The third-order valence-corrected chi connectivity index (χ3v) is 5.10. The van der Waals surface area contributed by atoms with E-state index in [9.17, 15) is 31.2 Å². The molecule has 11 heteroatoms. The molecule has 0 spiro atoms. The highest BCUT2D eigenvalue weighted by molar-refractivity contribution is 7.95. The molecular formula is C17H12F3N3O4S. The summed E-state index contributed by atoms with van der Waals surface area (Å²) in [5, 5.41) is 2.36. The Labute approximate surface area is 157 Å². The average Bonchev–Trinajstić information content (AvgIpc) is 2.59. The fraction of sp³-hybridized carbons (Fsp3) is 0.176. The van der Waals surface area contributed by atoms with Gasteiger partial charge in [-0.05, 0) is 24.6 Å². The molecular weight excluding hydrogens is 399 g/mol. The van der Waals surface area contributed by atoms with Gasteiger partial charge in [-0.25, -0.2) is 18.4 Å². The van der Waals surface area contributed by atoms with Gasteiger partial charge in [-0.15, -0.1) is 0 Å². The molecule has 0 radical (unpaired) electrons. The number of rotatable bonds is 3. The maximum Gasteiger partial charge on any atom is 0.416 e. The first-order valence-corrected chi connectivity index (χ1v) is 9.60. The van der Waals surface area contributed by atoms with Gasteiger partial charge in [0.1, 0.15) is 22.0 Å². The van der Waals surface area contributed by atoms with Crippen LogP contribution >= 0.6 is 0 Å². The molecule has 2 aromatic rings. The van der Waals surface area contributed by atoms with E-state index >= 15 is 0 Å². The number of aryl methyl sites for hydroxylation is 1. The number of carbonyl (C=O) groups is 2. The lowest BCUT2D eigenvalue weighted by atomic mass is 10.0. The van der Waals surface area contributed by atoms with Crippen molar-refractivity contribution in [2.45, 2.75) is 13.1 Å². The summed E-state index contributed by atoms with van der Waals surface area (Å²) in [6.07, 6.45) is -1.67. The van der Waals surface area contributed by atoms with Crippen molar-refractivity contribution in [3.8, 4) is 0 Å². The van der Waals surface area contributed by atoms with E-state index in [4.69, 9.17) is 0 Å². The van der Waals surface area contributed by atoms with Crippen molar-refractivity contribution >= 4 is 27.1 Å². The predicted molar refractivity (Wildman–Crippen MR) is 92.4 cm³/mol. The minimum atomic E-state index is -4.65. The Bertz CT molecular complexity index is 1150. The van der Waals surface area contributed by atoms with Gasteiger partial charge in [0, 0.05) is 24.3 Å². The number of carbonyl (C=O) groups excluding carboxylic acids is 2. The van der Waals surface area contributed by atoms with Crippen LogP contribution in [0.2, 0.25) is 0 Å². The Morgan fingerprint density at radius 3 is 2.11 bits per heavy atom. The maximum atomic E-state index is 13.1. The molecule has 1 aliphatic carbocycles. The summed E-state index contributed by atoms with van der Waals surface area (Å²) in [6, 6.07) is 3.13. The SMILES string of the molecule is Cc1ccc(NC2=C(S(C)(=O)=O)C(=O)c3nccnc3C2=O)cc1C(F)(F)F. The van der Waals surface area contributed by atoms with Crippen LogP contribution in [-0.2, 0) is 16.0 Å². The van der Waals surface area contributed by atoms with Crippen LogP contribution in [0.3, 0.4) is 0 Å². The molecule has 0 bridgehead atoms. The van der Waals surface area contributed by atoms with E-state index in [1.54, 1.807) is 0 Å². The number of ketones is 2. The number of sulfone groups is 1. The van der Waals surface area contributed by atoms with Gasteiger partial charge in [0.05, 0.1) is 5.56 Å². The van der Waals surface area contributed by atoms with Gasteiger partial charge in [-0.3, -0.25) is 9.59 Å². The largest absolute Gasteiger partial charge is 0.416 e. The zero-order chi connectivity index (χ0) is 20.9. The van der Waals surface area contributed by atoms with Crippen molar-refractivity contribution in [3.63, 3.8) is 0 Å². The first-order valence-electron chi connectivity index (χ1n) is 7.71. The van der Waals surface area contributed by atoms with Gasteiger partial charge in [-0.1, -0.05) is 6.07 Å². The molecule has 0 unspecified atom stereocenters. The number of aromatic nitrogens is 2. The van der Waals surface area contributed by atoms with Crippen molar-refractivity contribution in [2.24, 2.45) is 0 Å². The second-order valence-corrected chi connectivity index (χ2v) is 7.99. The molecule has 1 aliphatic rings. The van der Waals surface area contributed by atoms with Gasteiger partial charge in [0.2, 0.25) is 11.6 Å². The summed E-state index contributed by atoms with van der Waals surface area (Å²) in [5.41, 5.74) is -2.71. The molecule has 3 rings (SSSR count). The number of hydrogen-bond acceptors (Lipinski definition) is 7. The van der Waals surface area contributed by atoms with Crippen molar-refractivity contribution in [1.29, 1.82) is 0 Å². The summed E-state index contributed by atoms with van der Waals surface area (Å²) in [4.78, 5) is 31.9. The standard InChI is InChI=1S/C17H12F3N3O4S/c1-8-3-4-9(7-10(8)17(18,19)20)23-13-14(24)11-12(22-6-5-21-11)15(25)16(13)28(2,26)27/h3-7,23H,1-2H3. The molecule has 1 N–H and O–H groups in total. The lowest BCUT2D eigenvalue weighted by Crippen LogP contribution is -2.31. The lowest BCUT2D eigenvalue weighted by molar-refractivity contribution is -0.138. The van der Waals surface area contributed by atoms with Crippen LogP contribution in [0.1, 0.15) is 32.1 Å². The monoisotopic (exact) mass is 411 g/mol. The van der Waals surface area contributed by atoms with Crippen LogP contribution < -0.4 is 5.32 Å². The molecule has 0 amide bonds. The summed E-state index contributed by atoms with van der Waals surface area (Å²) >= 11 is 0.